The first-order valence-electron chi connectivity index (χ1n) is 10.3. The first kappa shape index (κ1) is 18.4. The largest absolute Gasteiger partial charge is 0.371 e. The quantitative estimate of drug-likeness (QED) is 0.654. The van der Waals surface area contributed by atoms with E-state index >= 15 is 0 Å². The summed E-state index contributed by atoms with van der Waals surface area (Å²) in [5.74, 6) is -0.469. The molecule has 0 saturated carbocycles. The lowest BCUT2D eigenvalue weighted by Gasteiger charge is -2.33. The van der Waals surface area contributed by atoms with E-state index in [2.05, 4.69) is 30.4 Å². The van der Waals surface area contributed by atoms with Gasteiger partial charge in [-0.25, -0.2) is 18.8 Å². The van der Waals surface area contributed by atoms with Gasteiger partial charge < -0.3 is 15.0 Å². The molecule has 3 aliphatic rings. The lowest BCUT2D eigenvalue weighted by Crippen LogP contribution is -2.43. The molecule has 9 heteroatoms. The minimum absolute atomic E-state index is 0.0825. The van der Waals surface area contributed by atoms with Gasteiger partial charge in [0.1, 0.15) is 34.7 Å². The number of hydrogen-bond acceptors (Lipinski definition) is 6. The molecule has 2 unspecified atom stereocenters. The second-order valence-electron chi connectivity index (χ2n) is 8.18. The molecule has 3 aliphatic heterocycles. The van der Waals surface area contributed by atoms with Gasteiger partial charge >= 0.3 is 0 Å². The Morgan fingerprint density at radius 2 is 1.87 bits per heavy atom. The summed E-state index contributed by atoms with van der Waals surface area (Å²) in [6.07, 6.45) is 4.29. The summed E-state index contributed by atoms with van der Waals surface area (Å²) in [6, 6.07) is 5.72. The molecule has 0 aliphatic carbocycles. The minimum Gasteiger partial charge on any atom is -0.371 e. The standard InChI is InChI=1S/C22H20F2N6O/c1-11-20-21(29-28-11)14-7-18(30-9-12-5-6-13(10-30)31-12)25-8-17(14)26-22(27-20)19-15(23)3-2-4-16(19)24/h2-4,7-8,12-13H,5-6,9-10H2,1H3,(H,26,27)(H,28,29). The molecule has 2 saturated heterocycles. The molecule has 2 aromatic heterocycles. The van der Waals surface area contributed by atoms with E-state index in [9.17, 15) is 8.78 Å². The van der Waals surface area contributed by atoms with E-state index in [1.165, 1.54) is 18.2 Å². The van der Waals surface area contributed by atoms with Crippen molar-refractivity contribution in [1.29, 1.82) is 0 Å². The third-order valence-electron chi connectivity index (χ3n) is 6.10. The fourth-order valence-electron chi connectivity index (χ4n) is 4.57. The average Bonchev–Trinajstić information content (AvgIpc) is 3.23. The molecule has 1 aromatic carbocycles. The van der Waals surface area contributed by atoms with Crippen molar-refractivity contribution in [3.63, 3.8) is 0 Å². The van der Waals surface area contributed by atoms with Crippen LogP contribution in [0.2, 0.25) is 0 Å². The predicted octanol–water partition coefficient (Wildman–Crippen LogP) is 3.93. The van der Waals surface area contributed by atoms with E-state index in [0.717, 1.165) is 37.3 Å². The maximum atomic E-state index is 14.5. The summed E-state index contributed by atoms with van der Waals surface area (Å²) in [5.41, 5.74) is 3.03. The molecule has 5 heterocycles. The fraction of sp³-hybridized carbons (Fsp3) is 0.318. The van der Waals surface area contributed by atoms with E-state index in [1.807, 2.05) is 13.0 Å². The highest BCUT2D eigenvalue weighted by Gasteiger charge is 2.35. The first-order valence-corrected chi connectivity index (χ1v) is 10.3. The predicted molar refractivity (Wildman–Crippen MR) is 113 cm³/mol. The van der Waals surface area contributed by atoms with Crippen molar-refractivity contribution < 1.29 is 13.5 Å². The summed E-state index contributed by atoms with van der Waals surface area (Å²) in [7, 11) is 0. The van der Waals surface area contributed by atoms with Crippen LogP contribution in [-0.2, 0) is 4.74 Å². The van der Waals surface area contributed by atoms with Gasteiger partial charge in [-0.3, -0.25) is 5.10 Å². The highest BCUT2D eigenvalue weighted by atomic mass is 19.1. The summed E-state index contributed by atoms with van der Waals surface area (Å²) < 4.78 is 35.0. The van der Waals surface area contributed by atoms with Crippen LogP contribution < -0.4 is 10.2 Å². The zero-order valence-electron chi connectivity index (χ0n) is 16.8. The smallest absolute Gasteiger partial charge is 0.144 e. The van der Waals surface area contributed by atoms with Gasteiger partial charge in [-0.2, -0.15) is 5.10 Å². The number of anilines is 2. The number of fused-ring (bicyclic) bond motifs is 5. The molecular weight excluding hydrogens is 402 g/mol. The number of benzene rings is 1. The van der Waals surface area contributed by atoms with Crippen molar-refractivity contribution in [3.8, 4) is 11.3 Å². The summed E-state index contributed by atoms with van der Waals surface area (Å²) in [5, 5.41) is 10.5. The number of nitrogens with zero attached hydrogens (tertiary/aromatic N) is 4. The van der Waals surface area contributed by atoms with Gasteiger partial charge in [-0.1, -0.05) is 6.07 Å². The highest BCUT2D eigenvalue weighted by Crippen LogP contribution is 2.40. The van der Waals surface area contributed by atoms with Crippen molar-refractivity contribution in [1.82, 2.24) is 15.2 Å². The van der Waals surface area contributed by atoms with Gasteiger partial charge in [0, 0.05) is 18.7 Å². The normalized spacial score (nSPS) is 21.8. The molecule has 6 rings (SSSR count). The Kier molecular flexibility index (Phi) is 4.07. The number of morpholine rings is 1. The first-order chi connectivity index (χ1) is 15.1. The molecule has 0 amide bonds. The Hall–Kier alpha value is -3.33. The Labute approximate surface area is 177 Å². The van der Waals surface area contributed by atoms with Crippen molar-refractivity contribution in [3.05, 3.63) is 53.4 Å². The van der Waals surface area contributed by atoms with E-state index in [0.29, 0.717) is 22.8 Å². The molecule has 3 aromatic rings. The van der Waals surface area contributed by atoms with Crippen LogP contribution >= 0.6 is 0 Å². The van der Waals surface area contributed by atoms with Gasteiger partial charge in [-0.15, -0.1) is 0 Å². The Balaban J connectivity index is 1.46. The van der Waals surface area contributed by atoms with Crippen molar-refractivity contribution in [2.45, 2.75) is 32.0 Å². The number of pyridine rings is 1. The number of aromatic nitrogens is 3. The number of rotatable bonds is 2. The molecule has 0 radical (unpaired) electrons. The Morgan fingerprint density at radius 3 is 2.61 bits per heavy atom. The Morgan fingerprint density at radius 1 is 1.13 bits per heavy atom. The van der Waals surface area contributed by atoms with E-state index in [-0.39, 0.29) is 23.6 Å². The molecule has 2 atom stereocenters. The molecular formula is C22H20F2N6O. The molecule has 2 fully saturated rings. The van der Waals surface area contributed by atoms with Crippen molar-refractivity contribution in [2.24, 2.45) is 4.99 Å². The van der Waals surface area contributed by atoms with Crippen molar-refractivity contribution in [2.75, 3.05) is 23.3 Å². The number of aryl methyl sites for hydroxylation is 1. The molecule has 0 spiro atoms. The zero-order valence-corrected chi connectivity index (χ0v) is 16.8. The van der Waals surface area contributed by atoms with Crippen LogP contribution in [0.15, 0.2) is 35.5 Å². The molecule has 7 nitrogen and oxygen atoms in total. The molecule has 31 heavy (non-hydrogen) atoms. The summed E-state index contributed by atoms with van der Waals surface area (Å²) in [4.78, 5) is 11.4. The number of aromatic amines is 1. The van der Waals surface area contributed by atoms with Crippen LogP contribution in [0.1, 0.15) is 24.1 Å². The number of nitrogens with one attached hydrogen (secondary N) is 2. The molecule has 158 valence electrons. The van der Waals surface area contributed by atoms with Gasteiger partial charge in [0.25, 0.3) is 0 Å². The number of amidine groups is 1. The Bertz CT molecular complexity index is 1190. The van der Waals surface area contributed by atoms with Gasteiger partial charge in [0.2, 0.25) is 0 Å². The summed E-state index contributed by atoms with van der Waals surface area (Å²) in [6.45, 7) is 3.42. The number of halogens is 2. The lowest BCUT2D eigenvalue weighted by molar-refractivity contribution is 0.0302. The van der Waals surface area contributed by atoms with Crippen LogP contribution in [0.4, 0.5) is 26.0 Å². The third-order valence-corrected chi connectivity index (χ3v) is 6.10. The molecule has 2 N–H and O–H groups in total. The van der Waals surface area contributed by atoms with Crippen LogP contribution in [0.3, 0.4) is 0 Å². The summed E-state index contributed by atoms with van der Waals surface area (Å²) >= 11 is 0. The maximum absolute atomic E-state index is 14.5. The molecule has 2 bridgehead atoms. The fourth-order valence-corrected chi connectivity index (χ4v) is 4.57. The number of H-pyrrole nitrogens is 1. The van der Waals surface area contributed by atoms with Crippen LogP contribution in [-0.4, -0.2) is 46.3 Å². The van der Waals surface area contributed by atoms with E-state index < -0.39 is 11.6 Å². The number of ether oxygens (including phenoxy) is 1. The monoisotopic (exact) mass is 422 g/mol. The van der Waals surface area contributed by atoms with E-state index in [1.54, 1.807) is 6.20 Å². The van der Waals surface area contributed by atoms with Gasteiger partial charge in [-0.05, 0) is 38.0 Å². The van der Waals surface area contributed by atoms with Crippen LogP contribution in [0.25, 0.3) is 11.3 Å². The minimum atomic E-state index is -0.689. The maximum Gasteiger partial charge on any atom is 0.144 e. The second kappa shape index (κ2) is 6.84. The third kappa shape index (κ3) is 2.99. The van der Waals surface area contributed by atoms with Crippen LogP contribution in [0.5, 0.6) is 0 Å². The lowest BCUT2D eigenvalue weighted by atomic mass is 10.1. The van der Waals surface area contributed by atoms with E-state index in [4.69, 9.17) is 4.74 Å². The topological polar surface area (TPSA) is 78.4 Å². The number of hydrogen-bond donors (Lipinski definition) is 2. The van der Waals surface area contributed by atoms with Crippen molar-refractivity contribution >= 4 is 23.0 Å². The van der Waals surface area contributed by atoms with Gasteiger partial charge in [0.05, 0.1) is 35.3 Å². The highest BCUT2D eigenvalue weighted by molar-refractivity contribution is 6.13. The second-order valence-corrected chi connectivity index (χ2v) is 8.18. The van der Waals surface area contributed by atoms with Crippen LogP contribution in [0, 0.1) is 18.6 Å². The zero-order chi connectivity index (χ0) is 21.1. The number of aliphatic imine (C=N–C) groups is 1. The van der Waals surface area contributed by atoms with Gasteiger partial charge in [0.15, 0.2) is 0 Å². The average molecular weight is 422 g/mol. The SMILES string of the molecule is Cc1[nH]nc2c1N=C(c1c(F)cccc1F)Nc1cnc(N3CC4CCC(C3)O4)cc1-2.